The molecule has 0 radical (unpaired) electrons. The summed E-state index contributed by atoms with van der Waals surface area (Å²) in [7, 11) is 1.63. The van der Waals surface area contributed by atoms with Crippen LogP contribution in [0.3, 0.4) is 0 Å². The van der Waals surface area contributed by atoms with Crippen LogP contribution < -0.4 is 14.4 Å². The third-order valence-electron chi connectivity index (χ3n) is 4.38. The molecule has 0 saturated heterocycles. The summed E-state index contributed by atoms with van der Waals surface area (Å²) in [5.74, 6) is 2.47. The first kappa shape index (κ1) is 14.7. The van der Waals surface area contributed by atoms with Gasteiger partial charge in [-0.15, -0.1) is 0 Å². The van der Waals surface area contributed by atoms with E-state index < -0.39 is 0 Å². The van der Waals surface area contributed by atoms with E-state index >= 15 is 0 Å². The SMILES string of the molecule is COc1cnc2ncnc(N3CCOc4ccccc4C3C)c2c1. The third-order valence-corrected chi connectivity index (χ3v) is 4.38. The highest BCUT2D eigenvalue weighted by Crippen LogP contribution is 2.36. The molecule has 0 spiro atoms. The lowest BCUT2D eigenvalue weighted by Gasteiger charge is -2.28. The second kappa shape index (κ2) is 5.96. The maximum atomic E-state index is 5.90. The first-order chi connectivity index (χ1) is 11.8. The van der Waals surface area contributed by atoms with Gasteiger partial charge in [-0.25, -0.2) is 15.0 Å². The monoisotopic (exact) mass is 322 g/mol. The van der Waals surface area contributed by atoms with Gasteiger partial charge in [-0.2, -0.15) is 0 Å². The number of ether oxygens (including phenoxy) is 2. The van der Waals surface area contributed by atoms with Crippen molar-refractivity contribution >= 4 is 16.9 Å². The van der Waals surface area contributed by atoms with Gasteiger partial charge in [0.25, 0.3) is 0 Å². The summed E-state index contributed by atoms with van der Waals surface area (Å²) in [6, 6.07) is 10.2. The number of hydrogen-bond donors (Lipinski definition) is 0. The molecule has 1 atom stereocenters. The summed E-state index contributed by atoms with van der Waals surface area (Å²) < 4.78 is 11.2. The first-order valence-electron chi connectivity index (χ1n) is 7.91. The Balaban J connectivity index is 1.85. The molecule has 1 aromatic carbocycles. The number of benzene rings is 1. The van der Waals surface area contributed by atoms with Crippen molar-refractivity contribution in [3.05, 3.63) is 48.4 Å². The number of aromatic nitrogens is 3. The Kier molecular flexibility index (Phi) is 3.65. The molecular formula is C18H18N4O2. The number of hydrogen-bond acceptors (Lipinski definition) is 6. The largest absolute Gasteiger partial charge is 0.495 e. The van der Waals surface area contributed by atoms with Gasteiger partial charge in [0.15, 0.2) is 5.65 Å². The lowest BCUT2D eigenvalue weighted by Crippen LogP contribution is -2.29. The Morgan fingerprint density at radius 1 is 1.21 bits per heavy atom. The molecule has 3 aromatic rings. The van der Waals surface area contributed by atoms with Crippen molar-refractivity contribution in [2.24, 2.45) is 0 Å². The average Bonchev–Trinajstić information content (AvgIpc) is 2.80. The van der Waals surface area contributed by atoms with E-state index in [1.807, 2.05) is 24.3 Å². The van der Waals surface area contributed by atoms with Crippen molar-refractivity contribution in [3.63, 3.8) is 0 Å². The van der Waals surface area contributed by atoms with Crippen LogP contribution in [0.1, 0.15) is 18.5 Å². The maximum Gasteiger partial charge on any atom is 0.164 e. The van der Waals surface area contributed by atoms with Crippen LogP contribution in [-0.2, 0) is 0 Å². The van der Waals surface area contributed by atoms with Crippen LogP contribution in [-0.4, -0.2) is 35.2 Å². The smallest absolute Gasteiger partial charge is 0.164 e. The van der Waals surface area contributed by atoms with E-state index in [0.717, 1.165) is 29.1 Å². The van der Waals surface area contributed by atoms with E-state index in [1.165, 1.54) is 0 Å². The quantitative estimate of drug-likeness (QED) is 0.723. The number of methoxy groups -OCH3 is 1. The third kappa shape index (κ3) is 2.40. The maximum absolute atomic E-state index is 5.90. The van der Waals surface area contributed by atoms with Crippen molar-refractivity contribution in [1.82, 2.24) is 15.0 Å². The lowest BCUT2D eigenvalue weighted by atomic mass is 10.1. The van der Waals surface area contributed by atoms with Gasteiger partial charge in [0.2, 0.25) is 0 Å². The molecule has 4 rings (SSSR count). The predicted molar refractivity (Wildman–Crippen MR) is 91.6 cm³/mol. The fourth-order valence-corrected chi connectivity index (χ4v) is 3.12. The molecule has 122 valence electrons. The number of fused-ring (bicyclic) bond motifs is 2. The molecule has 0 saturated carbocycles. The molecule has 6 heteroatoms. The highest BCUT2D eigenvalue weighted by Gasteiger charge is 2.25. The number of anilines is 1. The van der Waals surface area contributed by atoms with Crippen molar-refractivity contribution < 1.29 is 9.47 Å². The van der Waals surface area contributed by atoms with E-state index in [0.29, 0.717) is 18.0 Å². The molecule has 1 aliphatic heterocycles. The minimum absolute atomic E-state index is 0.132. The van der Waals surface area contributed by atoms with Gasteiger partial charge in [-0.3, -0.25) is 0 Å². The molecule has 2 aromatic heterocycles. The van der Waals surface area contributed by atoms with E-state index in [-0.39, 0.29) is 6.04 Å². The fourth-order valence-electron chi connectivity index (χ4n) is 3.12. The Morgan fingerprint density at radius 3 is 2.96 bits per heavy atom. The predicted octanol–water partition coefficient (Wildman–Crippen LogP) is 2.99. The standard InChI is InChI=1S/C18H18N4O2/c1-12-14-5-3-4-6-16(14)24-8-7-22(12)18-15-9-13(23-2)10-19-17(15)20-11-21-18/h3-6,9-12H,7-8H2,1-2H3. The zero-order valence-electron chi connectivity index (χ0n) is 13.6. The average molecular weight is 322 g/mol. The Morgan fingerprint density at radius 2 is 2.08 bits per heavy atom. The molecule has 6 nitrogen and oxygen atoms in total. The second-order valence-corrected chi connectivity index (χ2v) is 5.70. The first-order valence-corrected chi connectivity index (χ1v) is 7.91. The summed E-state index contributed by atoms with van der Waals surface area (Å²) in [6.45, 7) is 3.50. The van der Waals surface area contributed by atoms with E-state index in [4.69, 9.17) is 9.47 Å². The minimum Gasteiger partial charge on any atom is -0.495 e. The van der Waals surface area contributed by atoms with Crippen LogP contribution in [0, 0.1) is 0 Å². The van der Waals surface area contributed by atoms with Gasteiger partial charge in [0.05, 0.1) is 31.3 Å². The van der Waals surface area contributed by atoms with Crippen LogP contribution in [0.25, 0.3) is 11.0 Å². The van der Waals surface area contributed by atoms with Gasteiger partial charge in [-0.05, 0) is 19.1 Å². The molecule has 24 heavy (non-hydrogen) atoms. The molecule has 0 N–H and O–H groups in total. The zero-order valence-corrected chi connectivity index (χ0v) is 13.6. The Labute approximate surface area is 140 Å². The summed E-state index contributed by atoms with van der Waals surface area (Å²) in [6.07, 6.45) is 3.23. The second-order valence-electron chi connectivity index (χ2n) is 5.70. The number of nitrogens with zero attached hydrogens (tertiary/aromatic N) is 4. The van der Waals surface area contributed by atoms with Crippen molar-refractivity contribution in [2.45, 2.75) is 13.0 Å². The molecule has 3 heterocycles. The highest BCUT2D eigenvalue weighted by atomic mass is 16.5. The summed E-state index contributed by atoms with van der Waals surface area (Å²) in [5.41, 5.74) is 1.81. The van der Waals surface area contributed by atoms with E-state index in [9.17, 15) is 0 Å². The fraction of sp³-hybridized carbons (Fsp3) is 0.278. The summed E-state index contributed by atoms with van der Waals surface area (Å²) in [5, 5.41) is 0.878. The van der Waals surface area contributed by atoms with Crippen molar-refractivity contribution in [1.29, 1.82) is 0 Å². The summed E-state index contributed by atoms with van der Waals surface area (Å²) >= 11 is 0. The minimum atomic E-state index is 0.132. The van der Waals surface area contributed by atoms with Crippen molar-refractivity contribution in [2.75, 3.05) is 25.2 Å². The van der Waals surface area contributed by atoms with Crippen molar-refractivity contribution in [3.8, 4) is 11.5 Å². The number of rotatable bonds is 2. The Hall–Kier alpha value is -2.89. The zero-order chi connectivity index (χ0) is 16.5. The molecule has 1 unspecified atom stereocenters. The van der Waals surface area contributed by atoms with Gasteiger partial charge in [0.1, 0.15) is 30.3 Å². The normalized spacial score (nSPS) is 17.1. The van der Waals surface area contributed by atoms with E-state index in [2.05, 4.69) is 32.8 Å². The molecule has 0 fully saturated rings. The van der Waals surface area contributed by atoms with Crippen LogP contribution in [0.15, 0.2) is 42.9 Å². The van der Waals surface area contributed by atoms with Crippen LogP contribution >= 0.6 is 0 Å². The number of para-hydroxylation sites is 1. The van der Waals surface area contributed by atoms with Crippen LogP contribution in [0.5, 0.6) is 11.5 Å². The lowest BCUT2D eigenvalue weighted by molar-refractivity contribution is 0.331. The van der Waals surface area contributed by atoms with Crippen LogP contribution in [0.2, 0.25) is 0 Å². The van der Waals surface area contributed by atoms with Gasteiger partial charge < -0.3 is 14.4 Å². The number of pyridine rings is 1. The molecule has 0 amide bonds. The molecule has 0 bridgehead atoms. The van der Waals surface area contributed by atoms with Gasteiger partial charge in [-0.1, -0.05) is 18.2 Å². The summed E-state index contributed by atoms with van der Waals surface area (Å²) in [4.78, 5) is 15.4. The van der Waals surface area contributed by atoms with E-state index in [1.54, 1.807) is 19.6 Å². The van der Waals surface area contributed by atoms with Crippen LogP contribution in [0.4, 0.5) is 5.82 Å². The highest BCUT2D eigenvalue weighted by molar-refractivity contribution is 5.88. The van der Waals surface area contributed by atoms with Gasteiger partial charge >= 0.3 is 0 Å². The topological polar surface area (TPSA) is 60.4 Å². The Bertz CT molecular complexity index is 884. The molecular weight excluding hydrogens is 304 g/mol. The molecule has 1 aliphatic rings. The van der Waals surface area contributed by atoms with Gasteiger partial charge in [0, 0.05) is 5.56 Å². The molecule has 0 aliphatic carbocycles.